The molecule has 1 aromatic carbocycles. The number of carbonyl (C=O) groups excluding carboxylic acids is 2. The summed E-state index contributed by atoms with van der Waals surface area (Å²) < 4.78 is 16.4. The summed E-state index contributed by atoms with van der Waals surface area (Å²) in [6.45, 7) is 7.76. The van der Waals surface area contributed by atoms with E-state index in [1.165, 1.54) is 7.11 Å². The molecule has 1 unspecified atom stereocenters. The van der Waals surface area contributed by atoms with Crippen LogP contribution in [0.15, 0.2) is 24.3 Å². The molecule has 1 aliphatic rings. The van der Waals surface area contributed by atoms with Crippen molar-refractivity contribution in [2.45, 2.75) is 52.2 Å². The molecule has 1 N–H and O–H groups in total. The quantitative estimate of drug-likeness (QED) is 0.735. The Hall–Kier alpha value is -2.44. The number of piperidine rings is 1. The van der Waals surface area contributed by atoms with Gasteiger partial charge in [0.05, 0.1) is 13.7 Å². The van der Waals surface area contributed by atoms with Crippen LogP contribution < -0.4 is 14.8 Å². The SMILES string of the molecule is CCOc1ccccc1OC1CCN(C(=O)C(CC(C)C)NC(=O)OC)CC1. The Morgan fingerprint density at radius 3 is 2.39 bits per heavy atom. The number of ether oxygens (including phenoxy) is 3. The first kappa shape index (κ1) is 21.9. The first-order valence-electron chi connectivity index (χ1n) is 9.96. The molecule has 156 valence electrons. The van der Waals surface area contributed by atoms with Crippen LogP contribution in [0.1, 0.15) is 40.0 Å². The molecule has 1 fully saturated rings. The van der Waals surface area contributed by atoms with Crippen LogP contribution in [0.2, 0.25) is 0 Å². The van der Waals surface area contributed by atoms with Crippen LogP contribution in [-0.4, -0.2) is 55.9 Å². The lowest BCUT2D eigenvalue weighted by atomic mass is 10.0. The molecule has 0 spiro atoms. The molecule has 0 aromatic heterocycles. The van der Waals surface area contributed by atoms with Crippen molar-refractivity contribution in [1.29, 1.82) is 0 Å². The number of benzene rings is 1. The van der Waals surface area contributed by atoms with E-state index in [0.29, 0.717) is 26.1 Å². The predicted molar refractivity (Wildman–Crippen MR) is 107 cm³/mol. The summed E-state index contributed by atoms with van der Waals surface area (Å²) in [5, 5.41) is 2.67. The molecule has 2 rings (SSSR count). The van der Waals surface area contributed by atoms with E-state index >= 15 is 0 Å². The van der Waals surface area contributed by atoms with Gasteiger partial charge in [0.1, 0.15) is 12.1 Å². The van der Waals surface area contributed by atoms with Crippen LogP contribution in [0.3, 0.4) is 0 Å². The van der Waals surface area contributed by atoms with Crippen molar-refractivity contribution >= 4 is 12.0 Å². The number of likely N-dealkylation sites (tertiary alicyclic amines) is 1. The molecule has 1 saturated heterocycles. The van der Waals surface area contributed by atoms with E-state index in [2.05, 4.69) is 10.1 Å². The third kappa shape index (κ3) is 6.32. The molecule has 7 nitrogen and oxygen atoms in total. The molecule has 28 heavy (non-hydrogen) atoms. The summed E-state index contributed by atoms with van der Waals surface area (Å²) in [5.41, 5.74) is 0. The fourth-order valence-electron chi connectivity index (χ4n) is 3.31. The van der Waals surface area contributed by atoms with E-state index in [4.69, 9.17) is 9.47 Å². The Morgan fingerprint density at radius 2 is 1.82 bits per heavy atom. The Morgan fingerprint density at radius 1 is 1.18 bits per heavy atom. The van der Waals surface area contributed by atoms with E-state index < -0.39 is 12.1 Å². The summed E-state index contributed by atoms with van der Waals surface area (Å²) in [7, 11) is 1.30. The van der Waals surface area contributed by atoms with Crippen LogP contribution in [-0.2, 0) is 9.53 Å². The number of carbonyl (C=O) groups is 2. The van der Waals surface area contributed by atoms with E-state index in [0.717, 1.165) is 24.3 Å². The van der Waals surface area contributed by atoms with Gasteiger partial charge in [0.25, 0.3) is 0 Å². The molecule has 1 atom stereocenters. The first-order chi connectivity index (χ1) is 13.4. The Labute approximate surface area is 167 Å². The lowest BCUT2D eigenvalue weighted by molar-refractivity contribution is -0.135. The van der Waals surface area contributed by atoms with Gasteiger partial charge in [-0.2, -0.15) is 0 Å². The highest BCUT2D eigenvalue weighted by molar-refractivity contribution is 5.85. The number of nitrogens with zero attached hydrogens (tertiary/aromatic N) is 1. The number of para-hydroxylation sites is 2. The Kier molecular flexibility index (Phi) is 8.42. The number of methoxy groups -OCH3 is 1. The van der Waals surface area contributed by atoms with Crippen molar-refractivity contribution in [2.24, 2.45) is 5.92 Å². The molecular weight excluding hydrogens is 360 g/mol. The Balaban J connectivity index is 1.92. The molecule has 0 radical (unpaired) electrons. The molecule has 0 bridgehead atoms. The highest BCUT2D eigenvalue weighted by atomic mass is 16.5. The average molecular weight is 392 g/mol. The fourth-order valence-corrected chi connectivity index (χ4v) is 3.31. The summed E-state index contributed by atoms with van der Waals surface area (Å²) in [6, 6.07) is 7.07. The molecule has 1 aromatic rings. The van der Waals surface area contributed by atoms with Crippen molar-refractivity contribution in [1.82, 2.24) is 10.2 Å². The molecule has 7 heteroatoms. The predicted octanol–water partition coefficient (Wildman–Crippen LogP) is 3.23. The van der Waals surface area contributed by atoms with E-state index in [1.807, 2.05) is 45.0 Å². The van der Waals surface area contributed by atoms with Gasteiger partial charge < -0.3 is 24.4 Å². The maximum absolute atomic E-state index is 12.9. The van der Waals surface area contributed by atoms with Crippen molar-refractivity contribution < 1.29 is 23.8 Å². The third-order valence-corrected chi connectivity index (χ3v) is 4.68. The number of amides is 2. The van der Waals surface area contributed by atoms with Gasteiger partial charge in [-0.1, -0.05) is 26.0 Å². The normalized spacial score (nSPS) is 15.8. The summed E-state index contributed by atoms with van der Waals surface area (Å²) in [6.07, 6.45) is 1.50. The minimum Gasteiger partial charge on any atom is -0.490 e. The second-order valence-electron chi connectivity index (χ2n) is 7.34. The lowest BCUT2D eigenvalue weighted by Crippen LogP contribution is -2.52. The van der Waals surface area contributed by atoms with E-state index in [9.17, 15) is 9.59 Å². The van der Waals surface area contributed by atoms with Crippen molar-refractivity contribution in [2.75, 3.05) is 26.8 Å². The number of hydrogen-bond acceptors (Lipinski definition) is 5. The number of rotatable bonds is 8. The standard InChI is InChI=1S/C21H32N2O5/c1-5-27-18-8-6-7-9-19(18)28-16-10-12-23(13-11-16)20(24)17(14-15(2)3)22-21(25)26-4/h6-9,15-17H,5,10-14H2,1-4H3,(H,22,25). The number of nitrogens with one attached hydrogen (secondary N) is 1. The van der Waals surface area contributed by atoms with Crippen molar-refractivity contribution in [3.8, 4) is 11.5 Å². The summed E-state index contributed by atoms with van der Waals surface area (Å²) >= 11 is 0. The van der Waals surface area contributed by atoms with Crippen LogP contribution >= 0.6 is 0 Å². The first-order valence-corrected chi connectivity index (χ1v) is 9.96. The van der Waals surface area contributed by atoms with Gasteiger partial charge in [-0.05, 0) is 31.4 Å². The summed E-state index contributed by atoms with van der Waals surface area (Å²) in [4.78, 5) is 26.3. The van der Waals surface area contributed by atoms with Gasteiger partial charge in [0.2, 0.25) is 5.91 Å². The number of alkyl carbamates (subject to hydrolysis) is 1. The van der Waals surface area contributed by atoms with Crippen LogP contribution in [0.4, 0.5) is 4.79 Å². The lowest BCUT2D eigenvalue weighted by Gasteiger charge is -2.34. The molecule has 0 saturated carbocycles. The van der Waals surface area contributed by atoms with Gasteiger partial charge in [0.15, 0.2) is 11.5 Å². The maximum atomic E-state index is 12.9. The minimum absolute atomic E-state index is 0.0303. The van der Waals surface area contributed by atoms with Gasteiger partial charge in [-0.15, -0.1) is 0 Å². The maximum Gasteiger partial charge on any atom is 0.407 e. The van der Waals surface area contributed by atoms with E-state index in [-0.39, 0.29) is 17.9 Å². The fraction of sp³-hybridized carbons (Fsp3) is 0.619. The zero-order chi connectivity index (χ0) is 20.5. The second-order valence-corrected chi connectivity index (χ2v) is 7.34. The zero-order valence-electron chi connectivity index (χ0n) is 17.3. The molecule has 1 aliphatic heterocycles. The zero-order valence-corrected chi connectivity index (χ0v) is 17.3. The van der Waals surface area contributed by atoms with Crippen molar-refractivity contribution in [3.63, 3.8) is 0 Å². The number of hydrogen-bond donors (Lipinski definition) is 1. The molecule has 0 aliphatic carbocycles. The smallest absolute Gasteiger partial charge is 0.407 e. The molecular formula is C21H32N2O5. The highest BCUT2D eigenvalue weighted by Gasteiger charge is 2.30. The van der Waals surface area contributed by atoms with Gasteiger partial charge in [0, 0.05) is 25.9 Å². The second kappa shape index (κ2) is 10.8. The van der Waals surface area contributed by atoms with Gasteiger partial charge >= 0.3 is 6.09 Å². The third-order valence-electron chi connectivity index (χ3n) is 4.68. The van der Waals surface area contributed by atoms with Gasteiger partial charge in [-0.25, -0.2) is 4.79 Å². The van der Waals surface area contributed by atoms with Crippen LogP contribution in [0, 0.1) is 5.92 Å². The monoisotopic (exact) mass is 392 g/mol. The van der Waals surface area contributed by atoms with Gasteiger partial charge in [-0.3, -0.25) is 4.79 Å². The highest BCUT2D eigenvalue weighted by Crippen LogP contribution is 2.29. The average Bonchev–Trinajstić information content (AvgIpc) is 2.68. The van der Waals surface area contributed by atoms with Crippen molar-refractivity contribution in [3.05, 3.63) is 24.3 Å². The Bertz CT molecular complexity index is 641. The van der Waals surface area contributed by atoms with E-state index in [1.54, 1.807) is 4.90 Å². The molecule has 2 amide bonds. The topological polar surface area (TPSA) is 77.1 Å². The largest absolute Gasteiger partial charge is 0.490 e. The van der Waals surface area contributed by atoms with Crippen LogP contribution in [0.25, 0.3) is 0 Å². The van der Waals surface area contributed by atoms with Crippen LogP contribution in [0.5, 0.6) is 11.5 Å². The summed E-state index contributed by atoms with van der Waals surface area (Å²) in [5.74, 6) is 1.69. The minimum atomic E-state index is -0.579. The molecule has 1 heterocycles.